The second-order valence-electron chi connectivity index (χ2n) is 12.9. The van der Waals surface area contributed by atoms with Crippen LogP contribution in [0.4, 0.5) is 11.4 Å². The molecule has 2 aromatic heterocycles. The van der Waals surface area contributed by atoms with Crippen molar-refractivity contribution in [3.8, 4) is 5.75 Å². The molecule has 1 atom stereocenters. The Hall–Kier alpha value is -3.96. The summed E-state index contributed by atoms with van der Waals surface area (Å²) < 4.78 is 18.0. The first-order valence-corrected chi connectivity index (χ1v) is 17.8. The molecule has 0 unspecified atom stereocenters. The van der Waals surface area contributed by atoms with E-state index >= 15 is 0 Å². The van der Waals surface area contributed by atoms with Crippen LogP contribution in [0.25, 0.3) is 21.9 Å². The number of aliphatic carboxylic acids is 1. The minimum Gasteiger partial charge on any atom is -0.542 e. The number of furan rings is 1. The van der Waals surface area contributed by atoms with Crippen molar-refractivity contribution in [1.29, 1.82) is 0 Å². The first-order chi connectivity index (χ1) is 20.6. The monoisotopic (exact) mass is 639 g/mol. The minimum atomic E-state index is -2.35. The summed E-state index contributed by atoms with van der Waals surface area (Å²) in [6.45, 7) is 12.7. The quantitative estimate of drug-likeness (QED) is 0.121. The van der Waals surface area contributed by atoms with E-state index in [9.17, 15) is 19.5 Å². The predicted octanol–water partition coefficient (Wildman–Crippen LogP) is 6.90. The van der Waals surface area contributed by atoms with Gasteiger partial charge in [0.15, 0.2) is 5.76 Å². The zero-order chi connectivity index (χ0) is 32.3. The Labute approximate surface area is 262 Å². The van der Waals surface area contributed by atoms with Crippen molar-refractivity contribution in [3.63, 3.8) is 0 Å². The van der Waals surface area contributed by atoms with Gasteiger partial charge in [0.05, 0.1) is 23.9 Å². The van der Waals surface area contributed by atoms with Crippen LogP contribution in [0.2, 0.25) is 18.1 Å². The molecular weight excluding hydrogens is 602 g/mol. The van der Waals surface area contributed by atoms with Crippen LogP contribution in [0.15, 0.2) is 34.7 Å². The lowest BCUT2D eigenvalue weighted by atomic mass is 9.95. The number of halogens is 1. The molecule has 234 valence electrons. The van der Waals surface area contributed by atoms with Gasteiger partial charge < -0.3 is 33.5 Å². The van der Waals surface area contributed by atoms with E-state index in [-0.39, 0.29) is 41.6 Å². The highest BCUT2D eigenvalue weighted by atomic mass is 35.5. The summed E-state index contributed by atoms with van der Waals surface area (Å²) in [6.07, 6.45) is 0. The molecule has 1 aliphatic rings. The van der Waals surface area contributed by atoms with Gasteiger partial charge in [-0.1, -0.05) is 20.8 Å². The molecule has 0 aliphatic carbocycles. The number of aromatic nitrogens is 1. The molecule has 0 radical (unpaired) electrons. The van der Waals surface area contributed by atoms with Crippen LogP contribution in [-0.4, -0.2) is 69.4 Å². The minimum absolute atomic E-state index is 0.106. The maximum atomic E-state index is 14.1. The molecule has 2 N–H and O–H groups in total. The molecule has 3 heterocycles. The lowest BCUT2D eigenvalue weighted by Crippen LogP contribution is -2.44. The molecule has 44 heavy (non-hydrogen) atoms. The third-order valence-corrected chi connectivity index (χ3v) is 13.6. The standard InChI is InChI=1S/C32H38ClN3O7Si/c1-17-26(31(40)41-6)28-27-19(14-33)15-36(21(27)13-23(29(28)34-17)43-44(7,8)32(2,3)4)30(39)24-12-18-11-20(9-10-22(18)42-24)35(5)16-25(37)38/h9-13,19,34H,14-16H2,1-8H3,(H,37,38)/t19-/m1/s1. The molecule has 4 aromatic rings. The Morgan fingerprint density at radius 2 is 1.91 bits per heavy atom. The number of nitrogens with one attached hydrogen (secondary N) is 1. The number of rotatable bonds is 8. The first-order valence-electron chi connectivity index (χ1n) is 14.4. The molecule has 0 saturated heterocycles. The van der Waals surface area contributed by atoms with Gasteiger partial charge in [-0.05, 0) is 54.9 Å². The number of alkyl halides is 1. The summed E-state index contributed by atoms with van der Waals surface area (Å²) in [4.78, 5) is 45.0. The number of esters is 1. The van der Waals surface area contributed by atoms with Gasteiger partial charge in [0.25, 0.3) is 14.2 Å². The lowest BCUT2D eigenvalue weighted by molar-refractivity contribution is -0.135. The lowest BCUT2D eigenvalue weighted by Gasteiger charge is -2.36. The largest absolute Gasteiger partial charge is 0.542 e. The molecule has 0 bridgehead atoms. The van der Waals surface area contributed by atoms with Crippen molar-refractivity contribution in [2.45, 2.75) is 51.7 Å². The number of carbonyl (C=O) groups is 3. The molecule has 1 amide bonds. The molecule has 0 saturated carbocycles. The second kappa shape index (κ2) is 11.2. The van der Waals surface area contributed by atoms with Crippen molar-refractivity contribution < 1.29 is 33.1 Å². The van der Waals surface area contributed by atoms with Crippen LogP contribution in [0.5, 0.6) is 5.75 Å². The van der Waals surface area contributed by atoms with E-state index in [1.54, 1.807) is 41.1 Å². The Morgan fingerprint density at radius 3 is 2.52 bits per heavy atom. The zero-order valence-electron chi connectivity index (χ0n) is 26.3. The molecule has 2 aromatic carbocycles. The average Bonchev–Trinajstić information content (AvgIpc) is 3.63. The number of amides is 1. The van der Waals surface area contributed by atoms with E-state index in [0.29, 0.717) is 50.3 Å². The van der Waals surface area contributed by atoms with Gasteiger partial charge in [-0.25, -0.2) is 4.79 Å². The molecule has 10 nitrogen and oxygen atoms in total. The molecule has 0 fully saturated rings. The van der Waals surface area contributed by atoms with Crippen LogP contribution < -0.4 is 14.2 Å². The Balaban J connectivity index is 1.66. The maximum absolute atomic E-state index is 14.1. The topological polar surface area (TPSA) is 125 Å². The summed E-state index contributed by atoms with van der Waals surface area (Å²) in [7, 11) is 0.680. The number of nitrogens with zero attached hydrogens (tertiary/aromatic N) is 2. The van der Waals surface area contributed by atoms with E-state index in [1.807, 2.05) is 13.0 Å². The van der Waals surface area contributed by atoms with E-state index in [2.05, 4.69) is 38.8 Å². The highest BCUT2D eigenvalue weighted by Crippen LogP contribution is 2.49. The van der Waals surface area contributed by atoms with E-state index < -0.39 is 20.3 Å². The van der Waals surface area contributed by atoms with Crippen LogP contribution in [0.1, 0.15) is 58.9 Å². The summed E-state index contributed by atoms with van der Waals surface area (Å²) in [6, 6.07) is 8.80. The molecule has 5 rings (SSSR count). The van der Waals surface area contributed by atoms with Gasteiger partial charge in [-0.3, -0.25) is 9.59 Å². The van der Waals surface area contributed by atoms with Gasteiger partial charge in [0, 0.05) is 53.6 Å². The Morgan fingerprint density at radius 1 is 1.20 bits per heavy atom. The Bertz CT molecular complexity index is 1800. The van der Waals surface area contributed by atoms with Crippen LogP contribution >= 0.6 is 11.6 Å². The number of H-pyrrole nitrogens is 1. The fraction of sp³-hybridized carbons (Fsp3) is 0.406. The van der Waals surface area contributed by atoms with Crippen molar-refractivity contribution >= 4 is 71.0 Å². The molecule has 1 aliphatic heterocycles. The number of hydrogen-bond acceptors (Lipinski definition) is 7. The number of anilines is 2. The van der Waals surface area contributed by atoms with Gasteiger partial charge in [-0.2, -0.15) is 0 Å². The van der Waals surface area contributed by atoms with Crippen molar-refractivity contribution in [1.82, 2.24) is 4.98 Å². The zero-order valence-corrected chi connectivity index (χ0v) is 28.0. The van der Waals surface area contributed by atoms with Crippen LogP contribution in [-0.2, 0) is 9.53 Å². The number of fused-ring (bicyclic) bond motifs is 4. The number of methoxy groups -OCH3 is 1. The molecule has 12 heteroatoms. The van der Waals surface area contributed by atoms with Gasteiger partial charge >= 0.3 is 11.9 Å². The average molecular weight is 640 g/mol. The van der Waals surface area contributed by atoms with Crippen molar-refractivity contribution in [3.05, 3.63) is 52.9 Å². The third-order valence-electron chi connectivity index (χ3n) is 8.87. The number of carboxylic acids is 1. The summed E-state index contributed by atoms with van der Waals surface area (Å²) >= 11 is 6.52. The fourth-order valence-corrected chi connectivity index (χ4v) is 6.78. The van der Waals surface area contributed by atoms with E-state index in [1.165, 1.54) is 7.11 Å². The molecular formula is C32H38ClN3O7Si. The maximum Gasteiger partial charge on any atom is 0.340 e. The highest BCUT2D eigenvalue weighted by Gasteiger charge is 2.42. The number of hydrogen-bond donors (Lipinski definition) is 2. The number of aryl methyl sites for hydroxylation is 1. The number of carbonyl (C=O) groups excluding carboxylic acids is 2. The van der Waals surface area contributed by atoms with E-state index in [4.69, 9.17) is 25.2 Å². The van der Waals surface area contributed by atoms with Gasteiger partial charge in [0.1, 0.15) is 17.9 Å². The number of aromatic amines is 1. The number of ether oxygens (including phenoxy) is 1. The van der Waals surface area contributed by atoms with E-state index in [0.717, 1.165) is 5.56 Å². The van der Waals surface area contributed by atoms with Crippen LogP contribution in [0, 0.1) is 6.92 Å². The second-order valence-corrected chi connectivity index (χ2v) is 17.9. The molecule has 0 spiro atoms. The Kier molecular flexibility index (Phi) is 8.00. The fourth-order valence-electron chi connectivity index (χ4n) is 5.51. The normalized spacial score (nSPS) is 15.1. The highest BCUT2D eigenvalue weighted by molar-refractivity contribution is 6.74. The van der Waals surface area contributed by atoms with Crippen LogP contribution in [0.3, 0.4) is 0 Å². The van der Waals surface area contributed by atoms with Crippen molar-refractivity contribution in [2.75, 3.05) is 42.9 Å². The smallest absolute Gasteiger partial charge is 0.340 e. The van der Waals surface area contributed by atoms with Gasteiger partial charge in [0.2, 0.25) is 0 Å². The third kappa shape index (κ3) is 5.32. The summed E-state index contributed by atoms with van der Waals surface area (Å²) in [5, 5.41) is 10.4. The van der Waals surface area contributed by atoms with Gasteiger partial charge in [-0.15, -0.1) is 11.6 Å². The summed E-state index contributed by atoms with van der Waals surface area (Å²) in [5.41, 5.74) is 4.28. The SMILES string of the molecule is COC(=O)c1c(C)[nH]c2c(O[Si](C)(C)C(C)(C)C)cc3c(c12)[C@H](CCl)CN3C(=O)c1cc2cc(N(C)CC(=O)O)ccc2o1. The summed E-state index contributed by atoms with van der Waals surface area (Å²) in [5.74, 6) is -1.15. The number of benzene rings is 2. The predicted molar refractivity (Wildman–Crippen MR) is 174 cm³/mol. The number of likely N-dealkylation sites (N-methyl/N-ethyl adjacent to an activating group) is 1. The number of carboxylic acid groups (broad SMARTS) is 1. The van der Waals surface area contributed by atoms with Crippen molar-refractivity contribution in [2.24, 2.45) is 0 Å². The first kappa shape index (κ1) is 31.5.